The average Bonchev–Trinajstić information content (AvgIpc) is 2.81. The fourth-order valence-corrected chi connectivity index (χ4v) is 2.39. The summed E-state index contributed by atoms with van der Waals surface area (Å²) in [6, 6.07) is 2.13. The molecule has 1 fully saturated rings. The lowest BCUT2D eigenvalue weighted by Gasteiger charge is -2.12. The molecular formula is C15H20N4O. The van der Waals surface area contributed by atoms with Gasteiger partial charge in [-0.2, -0.15) is 10.4 Å². The lowest BCUT2D eigenvalue weighted by Crippen LogP contribution is -2.14. The minimum absolute atomic E-state index is 0.241. The minimum atomic E-state index is 0.241. The monoisotopic (exact) mass is 272 g/mol. The van der Waals surface area contributed by atoms with Gasteiger partial charge in [-0.3, -0.25) is 4.79 Å². The standard InChI is InChI=1S/C15H20N4O/c1-2-3-4-8-19-15(12(10-16)11-17-19)18-13-6-5-7-14(20)9-13/h11H,2-9H2,1H3. The Hall–Kier alpha value is -1.96. The van der Waals surface area contributed by atoms with E-state index < -0.39 is 0 Å². The van der Waals surface area contributed by atoms with Gasteiger partial charge >= 0.3 is 0 Å². The van der Waals surface area contributed by atoms with Gasteiger partial charge in [0, 0.05) is 25.1 Å². The molecule has 5 nitrogen and oxygen atoms in total. The van der Waals surface area contributed by atoms with Crippen LogP contribution in [0.5, 0.6) is 0 Å². The van der Waals surface area contributed by atoms with E-state index in [1.807, 2.05) is 0 Å². The Kier molecular flexibility index (Phi) is 5.05. The van der Waals surface area contributed by atoms with Crippen molar-refractivity contribution in [3.05, 3.63) is 11.8 Å². The molecule has 1 aromatic rings. The minimum Gasteiger partial charge on any atom is -0.299 e. The van der Waals surface area contributed by atoms with E-state index in [1.54, 1.807) is 10.9 Å². The molecule has 0 aromatic carbocycles. The van der Waals surface area contributed by atoms with Gasteiger partial charge in [0.1, 0.15) is 17.4 Å². The molecule has 0 bridgehead atoms. The van der Waals surface area contributed by atoms with Gasteiger partial charge in [0.15, 0.2) is 5.82 Å². The molecule has 106 valence electrons. The maximum Gasteiger partial charge on any atom is 0.168 e. The van der Waals surface area contributed by atoms with Crippen LogP contribution < -0.4 is 0 Å². The number of aromatic nitrogens is 2. The summed E-state index contributed by atoms with van der Waals surface area (Å²) in [5.41, 5.74) is 1.38. The third kappa shape index (κ3) is 3.53. The van der Waals surface area contributed by atoms with Crippen molar-refractivity contribution >= 4 is 17.3 Å². The predicted molar refractivity (Wildman–Crippen MR) is 77.0 cm³/mol. The Balaban J connectivity index is 2.20. The van der Waals surface area contributed by atoms with Crippen molar-refractivity contribution in [2.45, 2.75) is 58.4 Å². The fourth-order valence-electron chi connectivity index (χ4n) is 2.39. The Labute approximate surface area is 119 Å². The Bertz CT molecular complexity index is 551. The summed E-state index contributed by atoms with van der Waals surface area (Å²) in [4.78, 5) is 16.0. The quantitative estimate of drug-likeness (QED) is 0.773. The van der Waals surface area contributed by atoms with Crippen molar-refractivity contribution < 1.29 is 4.79 Å². The van der Waals surface area contributed by atoms with Crippen molar-refractivity contribution in [2.75, 3.05) is 0 Å². The number of hydrogen-bond acceptors (Lipinski definition) is 4. The molecule has 20 heavy (non-hydrogen) atoms. The highest BCUT2D eigenvalue weighted by atomic mass is 16.1. The SMILES string of the molecule is CCCCCn1ncc(C#N)c1N=C1CCCC(=O)C1. The fraction of sp³-hybridized carbons (Fsp3) is 0.600. The lowest BCUT2D eigenvalue weighted by molar-refractivity contribution is -0.118. The van der Waals surface area contributed by atoms with E-state index in [9.17, 15) is 4.79 Å². The number of rotatable bonds is 5. The van der Waals surface area contributed by atoms with Crippen LogP contribution in [0.1, 0.15) is 57.4 Å². The molecule has 1 aliphatic carbocycles. The van der Waals surface area contributed by atoms with Crippen molar-refractivity contribution in [1.29, 1.82) is 5.26 Å². The molecular weight excluding hydrogens is 252 g/mol. The summed E-state index contributed by atoms with van der Waals surface area (Å²) < 4.78 is 1.79. The summed E-state index contributed by atoms with van der Waals surface area (Å²) >= 11 is 0. The molecule has 0 amide bonds. The van der Waals surface area contributed by atoms with Crippen LogP contribution in [0.4, 0.5) is 5.82 Å². The summed E-state index contributed by atoms with van der Waals surface area (Å²) in [6.07, 6.45) is 7.65. The second kappa shape index (κ2) is 6.99. The van der Waals surface area contributed by atoms with E-state index in [4.69, 9.17) is 5.26 Å². The van der Waals surface area contributed by atoms with Crippen LogP contribution in [0.3, 0.4) is 0 Å². The number of unbranched alkanes of at least 4 members (excludes halogenated alkanes) is 2. The number of carbonyl (C=O) groups is 1. The average molecular weight is 272 g/mol. The third-order valence-electron chi connectivity index (χ3n) is 3.49. The van der Waals surface area contributed by atoms with Gasteiger partial charge in [0.25, 0.3) is 0 Å². The highest BCUT2D eigenvalue weighted by Gasteiger charge is 2.17. The van der Waals surface area contributed by atoms with Gasteiger partial charge in [0.2, 0.25) is 0 Å². The van der Waals surface area contributed by atoms with Crippen LogP contribution in [0.2, 0.25) is 0 Å². The smallest absolute Gasteiger partial charge is 0.168 e. The number of aliphatic imine (C=N–C) groups is 1. The van der Waals surface area contributed by atoms with Crippen LogP contribution >= 0.6 is 0 Å². The molecule has 0 spiro atoms. The summed E-state index contributed by atoms with van der Waals surface area (Å²) in [7, 11) is 0. The van der Waals surface area contributed by atoms with Crippen molar-refractivity contribution in [3.8, 4) is 6.07 Å². The van der Waals surface area contributed by atoms with Gasteiger partial charge in [0.05, 0.1) is 6.20 Å². The van der Waals surface area contributed by atoms with E-state index in [0.29, 0.717) is 24.2 Å². The molecule has 1 heterocycles. The summed E-state index contributed by atoms with van der Waals surface area (Å²) in [6.45, 7) is 2.92. The Morgan fingerprint density at radius 1 is 1.45 bits per heavy atom. The lowest BCUT2D eigenvalue weighted by atomic mass is 9.97. The van der Waals surface area contributed by atoms with E-state index in [1.165, 1.54) is 0 Å². The highest BCUT2D eigenvalue weighted by Crippen LogP contribution is 2.22. The van der Waals surface area contributed by atoms with Gasteiger partial charge in [-0.05, 0) is 19.3 Å². The van der Waals surface area contributed by atoms with Gasteiger partial charge in [-0.15, -0.1) is 0 Å². The number of carbonyl (C=O) groups excluding carboxylic acids is 1. The Morgan fingerprint density at radius 2 is 2.30 bits per heavy atom. The van der Waals surface area contributed by atoms with E-state index in [-0.39, 0.29) is 5.78 Å². The van der Waals surface area contributed by atoms with E-state index >= 15 is 0 Å². The molecule has 0 radical (unpaired) electrons. The first-order chi connectivity index (χ1) is 9.74. The Morgan fingerprint density at radius 3 is 3.00 bits per heavy atom. The van der Waals surface area contributed by atoms with Crippen LogP contribution in [-0.4, -0.2) is 21.3 Å². The molecule has 0 atom stereocenters. The second-order valence-electron chi connectivity index (χ2n) is 5.17. The van der Waals surface area contributed by atoms with Gasteiger partial charge in [-0.25, -0.2) is 9.67 Å². The normalized spacial score (nSPS) is 17.4. The van der Waals surface area contributed by atoms with Crippen LogP contribution in [-0.2, 0) is 11.3 Å². The molecule has 1 aliphatic rings. The zero-order chi connectivity index (χ0) is 14.4. The number of Topliss-reactive ketones (excluding diaryl/α,β-unsaturated/α-hetero) is 1. The number of ketones is 1. The largest absolute Gasteiger partial charge is 0.299 e. The first-order valence-corrected chi connectivity index (χ1v) is 7.28. The van der Waals surface area contributed by atoms with E-state index in [2.05, 4.69) is 23.1 Å². The number of nitriles is 1. The topological polar surface area (TPSA) is 71.0 Å². The van der Waals surface area contributed by atoms with Crippen molar-refractivity contribution in [3.63, 3.8) is 0 Å². The van der Waals surface area contributed by atoms with Crippen LogP contribution in [0.25, 0.3) is 0 Å². The first-order valence-electron chi connectivity index (χ1n) is 7.28. The molecule has 0 N–H and O–H groups in total. The second-order valence-corrected chi connectivity index (χ2v) is 5.17. The molecule has 1 saturated carbocycles. The molecule has 2 rings (SSSR count). The van der Waals surface area contributed by atoms with Crippen molar-refractivity contribution in [1.82, 2.24) is 9.78 Å². The first kappa shape index (κ1) is 14.4. The molecule has 0 saturated heterocycles. The molecule has 1 aromatic heterocycles. The highest BCUT2D eigenvalue weighted by molar-refractivity contribution is 6.04. The maximum absolute atomic E-state index is 11.5. The summed E-state index contributed by atoms with van der Waals surface area (Å²) in [5, 5.41) is 13.4. The zero-order valence-corrected chi connectivity index (χ0v) is 11.9. The van der Waals surface area contributed by atoms with Crippen LogP contribution in [0.15, 0.2) is 11.2 Å². The zero-order valence-electron chi connectivity index (χ0n) is 11.9. The maximum atomic E-state index is 11.5. The predicted octanol–water partition coefficient (Wildman–Crippen LogP) is 3.16. The number of hydrogen-bond donors (Lipinski definition) is 0. The molecule has 5 heteroatoms. The third-order valence-corrected chi connectivity index (χ3v) is 3.49. The number of aryl methyl sites for hydroxylation is 1. The molecule has 0 unspecified atom stereocenters. The van der Waals surface area contributed by atoms with Crippen LogP contribution in [0, 0.1) is 11.3 Å². The van der Waals surface area contributed by atoms with E-state index in [0.717, 1.165) is 44.4 Å². The van der Waals surface area contributed by atoms with Gasteiger partial charge < -0.3 is 0 Å². The molecule has 0 aliphatic heterocycles. The van der Waals surface area contributed by atoms with Gasteiger partial charge in [-0.1, -0.05) is 19.8 Å². The summed E-state index contributed by atoms with van der Waals surface area (Å²) in [5.74, 6) is 0.860. The van der Waals surface area contributed by atoms with Crippen molar-refractivity contribution in [2.24, 2.45) is 4.99 Å². The number of nitrogens with zero attached hydrogens (tertiary/aromatic N) is 4.